The summed E-state index contributed by atoms with van der Waals surface area (Å²) in [7, 11) is 3.39. The van der Waals surface area contributed by atoms with E-state index in [0.29, 0.717) is 0 Å². The molecule has 0 fully saturated rings. The summed E-state index contributed by atoms with van der Waals surface area (Å²) in [6.07, 6.45) is 12.2. The van der Waals surface area contributed by atoms with E-state index in [2.05, 4.69) is 109 Å². The zero-order valence-corrected chi connectivity index (χ0v) is 23.7. The fourth-order valence-electron chi connectivity index (χ4n) is 5.35. The van der Waals surface area contributed by atoms with E-state index in [1.165, 1.54) is 0 Å². The molecule has 0 aromatic heterocycles. The van der Waals surface area contributed by atoms with Crippen LogP contribution in [0.25, 0.3) is 22.3 Å². The Hall–Kier alpha value is -5.52. The van der Waals surface area contributed by atoms with Gasteiger partial charge >= 0.3 is 0 Å². The molecule has 0 atom stereocenters. The van der Waals surface area contributed by atoms with Crippen LogP contribution >= 0.6 is 0 Å². The second-order valence-corrected chi connectivity index (χ2v) is 9.87. The quantitative estimate of drug-likeness (QED) is 0.226. The lowest BCUT2D eigenvalue weighted by Gasteiger charge is -2.15. The summed E-state index contributed by atoms with van der Waals surface area (Å²) in [5.74, 6) is 1.63. The first-order chi connectivity index (χ1) is 20.8. The maximum atomic E-state index is 5.52. The van der Waals surface area contributed by atoms with Gasteiger partial charge in [-0.05, 0) is 69.8 Å². The van der Waals surface area contributed by atoms with Gasteiger partial charge in [-0.15, -0.1) is 0 Å². The van der Waals surface area contributed by atoms with Gasteiger partial charge in [0.2, 0.25) is 0 Å². The highest BCUT2D eigenvalue weighted by molar-refractivity contribution is 6.34. The summed E-state index contributed by atoms with van der Waals surface area (Å²) in [5, 5.41) is 0. The van der Waals surface area contributed by atoms with Gasteiger partial charge in [0.15, 0.2) is 0 Å². The molecule has 0 spiro atoms. The van der Waals surface area contributed by atoms with Crippen LogP contribution < -0.4 is 9.47 Å². The SMILES string of the molecule is COc1ccc(C2=C(c3ccccc3)C(=C=C=C3C=CC=CC=C3)C(c3ccccc3)=C2c2ccc(OC)cc2)cc1. The standard InChI is InChI=1S/C40H30O2/c1-41-34-24-20-32(21-25-34)39-37(30-15-9-5-10-16-30)36(28-19-29-13-7-3-4-8-14-29)38(31-17-11-6-12-18-31)40(39)33-22-26-35(42-2)27-23-33/h3-18,20-27H,1-2H3. The highest BCUT2D eigenvalue weighted by Crippen LogP contribution is 2.54. The first-order valence-corrected chi connectivity index (χ1v) is 13.9. The van der Waals surface area contributed by atoms with E-state index in [1.54, 1.807) is 14.2 Å². The van der Waals surface area contributed by atoms with Gasteiger partial charge < -0.3 is 9.47 Å². The van der Waals surface area contributed by atoms with Crippen molar-refractivity contribution in [3.05, 3.63) is 191 Å². The number of allylic oxidation sites excluding steroid dienone is 12. The van der Waals surface area contributed by atoms with Crippen LogP contribution in [0.15, 0.2) is 168 Å². The number of ether oxygens (including phenoxy) is 2. The molecule has 2 aliphatic carbocycles. The minimum Gasteiger partial charge on any atom is -0.497 e. The molecule has 42 heavy (non-hydrogen) atoms. The predicted molar refractivity (Wildman–Crippen MR) is 174 cm³/mol. The summed E-state index contributed by atoms with van der Waals surface area (Å²) in [4.78, 5) is 0. The number of hydrogen-bond donors (Lipinski definition) is 0. The second-order valence-electron chi connectivity index (χ2n) is 9.87. The molecule has 0 unspecified atom stereocenters. The van der Waals surface area contributed by atoms with Crippen molar-refractivity contribution in [2.75, 3.05) is 14.2 Å². The zero-order chi connectivity index (χ0) is 28.7. The highest BCUT2D eigenvalue weighted by atomic mass is 16.5. The van der Waals surface area contributed by atoms with Crippen LogP contribution in [-0.2, 0) is 0 Å². The van der Waals surface area contributed by atoms with E-state index in [4.69, 9.17) is 9.47 Å². The molecule has 2 aliphatic rings. The topological polar surface area (TPSA) is 18.5 Å². The molecular formula is C40H30O2. The molecule has 4 aromatic carbocycles. The normalized spacial score (nSPS) is 14.1. The molecule has 0 bridgehead atoms. The molecule has 6 rings (SSSR count). The molecule has 0 radical (unpaired) electrons. The lowest BCUT2D eigenvalue weighted by molar-refractivity contribution is 0.414. The summed E-state index contributed by atoms with van der Waals surface area (Å²) < 4.78 is 11.0. The van der Waals surface area contributed by atoms with E-state index in [9.17, 15) is 0 Å². The molecule has 0 saturated heterocycles. The number of benzene rings is 4. The average Bonchev–Trinajstić information content (AvgIpc) is 3.18. The van der Waals surface area contributed by atoms with Crippen molar-refractivity contribution in [2.24, 2.45) is 0 Å². The van der Waals surface area contributed by atoms with Crippen LogP contribution in [0, 0.1) is 0 Å². The van der Waals surface area contributed by atoms with Crippen LogP contribution in [0.5, 0.6) is 11.5 Å². The van der Waals surface area contributed by atoms with Crippen LogP contribution in [0.3, 0.4) is 0 Å². The van der Waals surface area contributed by atoms with Crippen LogP contribution in [0.4, 0.5) is 0 Å². The van der Waals surface area contributed by atoms with Gasteiger partial charge in [-0.3, -0.25) is 0 Å². The minimum absolute atomic E-state index is 0.817. The maximum absolute atomic E-state index is 5.52. The van der Waals surface area contributed by atoms with Crippen molar-refractivity contribution in [2.45, 2.75) is 0 Å². The van der Waals surface area contributed by atoms with Crippen molar-refractivity contribution in [3.8, 4) is 11.5 Å². The Morgan fingerprint density at radius 1 is 0.405 bits per heavy atom. The van der Waals surface area contributed by atoms with Gasteiger partial charge in [0.25, 0.3) is 0 Å². The number of rotatable bonds is 6. The Bertz CT molecular complexity index is 1720. The highest BCUT2D eigenvalue weighted by Gasteiger charge is 2.32. The summed E-state index contributed by atoms with van der Waals surface area (Å²) >= 11 is 0. The third-order valence-corrected chi connectivity index (χ3v) is 7.35. The molecule has 0 aliphatic heterocycles. The monoisotopic (exact) mass is 542 g/mol. The zero-order valence-electron chi connectivity index (χ0n) is 23.7. The summed E-state index contributed by atoms with van der Waals surface area (Å²) in [6.45, 7) is 0. The number of methoxy groups -OCH3 is 2. The van der Waals surface area contributed by atoms with Crippen molar-refractivity contribution in [1.29, 1.82) is 0 Å². The third kappa shape index (κ3) is 5.42. The first-order valence-electron chi connectivity index (χ1n) is 13.9. The molecule has 202 valence electrons. The van der Waals surface area contributed by atoms with Crippen molar-refractivity contribution >= 4 is 22.3 Å². The van der Waals surface area contributed by atoms with E-state index in [-0.39, 0.29) is 0 Å². The lowest BCUT2D eigenvalue weighted by Crippen LogP contribution is -1.93. The third-order valence-electron chi connectivity index (χ3n) is 7.35. The van der Waals surface area contributed by atoms with Crippen molar-refractivity contribution in [3.63, 3.8) is 0 Å². The summed E-state index contributed by atoms with van der Waals surface area (Å²) in [6, 6.07) is 37.8. The van der Waals surface area contributed by atoms with E-state index < -0.39 is 0 Å². The minimum atomic E-state index is 0.817. The van der Waals surface area contributed by atoms with Crippen molar-refractivity contribution < 1.29 is 9.47 Å². The Morgan fingerprint density at radius 2 is 0.810 bits per heavy atom. The molecule has 2 heteroatoms. The average molecular weight is 543 g/mol. The molecule has 0 N–H and O–H groups in total. The van der Waals surface area contributed by atoms with Gasteiger partial charge in [0.05, 0.1) is 14.2 Å². The molecular weight excluding hydrogens is 512 g/mol. The van der Waals surface area contributed by atoms with E-state index in [0.717, 1.165) is 67.2 Å². The first kappa shape index (κ1) is 26.7. The van der Waals surface area contributed by atoms with Crippen LogP contribution in [0.1, 0.15) is 22.3 Å². The molecule has 0 heterocycles. The number of hydrogen-bond acceptors (Lipinski definition) is 2. The Kier molecular flexibility index (Phi) is 7.84. The maximum Gasteiger partial charge on any atom is 0.118 e. The fraction of sp³-hybridized carbons (Fsp3) is 0.0500. The van der Waals surface area contributed by atoms with Gasteiger partial charge in [0.1, 0.15) is 11.5 Å². The second kappa shape index (κ2) is 12.3. The lowest BCUT2D eigenvalue weighted by atomic mass is 9.89. The van der Waals surface area contributed by atoms with E-state index in [1.807, 2.05) is 48.6 Å². The molecule has 2 nitrogen and oxygen atoms in total. The Balaban J connectivity index is 1.77. The van der Waals surface area contributed by atoms with Gasteiger partial charge in [0, 0.05) is 22.3 Å². The summed E-state index contributed by atoms with van der Waals surface area (Å²) in [5.41, 5.74) is 18.0. The predicted octanol–water partition coefficient (Wildman–Crippen LogP) is 9.53. The van der Waals surface area contributed by atoms with Gasteiger partial charge in [-0.2, -0.15) is 0 Å². The van der Waals surface area contributed by atoms with Crippen molar-refractivity contribution in [1.82, 2.24) is 0 Å². The van der Waals surface area contributed by atoms with Gasteiger partial charge in [-0.25, -0.2) is 0 Å². The largest absolute Gasteiger partial charge is 0.497 e. The van der Waals surface area contributed by atoms with E-state index >= 15 is 0 Å². The van der Waals surface area contributed by atoms with Crippen LogP contribution in [0.2, 0.25) is 0 Å². The van der Waals surface area contributed by atoms with Crippen LogP contribution in [-0.4, -0.2) is 14.2 Å². The smallest absolute Gasteiger partial charge is 0.118 e. The Morgan fingerprint density at radius 3 is 1.21 bits per heavy atom. The molecule has 0 saturated carbocycles. The fourth-order valence-corrected chi connectivity index (χ4v) is 5.35. The molecule has 0 amide bonds. The molecule has 4 aromatic rings. The Labute approximate surface area is 247 Å². The van der Waals surface area contributed by atoms with Gasteiger partial charge in [-0.1, -0.05) is 121 Å².